The minimum Gasteiger partial charge on any atom is -0.478 e. The number of carbonyl (C=O) groups is 1. The van der Waals surface area contributed by atoms with Crippen molar-refractivity contribution in [2.75, 3.05) is 24.5 Å². The Bertz CT molecular complexity index is 788. The molecule has 1 unspecified atom stereocenters. The van der Waals surface area contributed by atoms with Gasteiger partial charge in [0.1, 0.15) is 0 Å². The third kappa shape index (κ3) is 4.60. The Kier molecular flexibility index (Phi) is 5.41. The summed E-state index contributed by atoms with van der Waals surface area (Å²) >= 11 is 0. The number of anilines is 1. The van der Waals surface area contributed by atoms with Crippen LogP contribution in [0, 0.1) is 0 Å². The topological polar surface area (TPSA) is 43.8 Å². The lowest BCUT2D eigenvalue weighted by molar-refractivity contribution is -0.137. The van der Waals surface area contributed by atoms with Crippen molar-refractivity contribution in [3.8, 4) is 0 Å². The van der Waals surface area contributed by atoms with E-state index in [9.17, 15) is 18.0 Å². The van der Waals surface area contributed by atoms with E-state index in [2.05, 4.69) is 16.7 Å². The molecule has 1 N–H and O–H groups in total. The molecule has 0 bridgehead atoms. The zero-order valence-corrected chi connectivity index (χ0v) is 14.9. The molecule has 0 radical (unpaired) electrons. The fraction of sp³-hybridized carbons (Fsp3) is 0.350. The fourth-order valence-corrected chi connectivity index (χ4v) is 3.41. The number of halogens is 3. The molecule has 0 spiro atoms. The summed E-state index contributed by atoms with van der Waals surface area (Å²) < 4.78 is 38.0. The summed E-state index contributed by atoms with van der Waals surface area (Å²) in [5.41, 5.74) is 1.46. The number of carboxylic acid groups (broad SMARTS) is 1. The van der Waals surface area contributed by atoms with Gasteiger partial charge in [0, 0.05) is 37.9 Å². The molecule has 144 valence electrons. The van der Waals surface area contributed by atoms with Gasteiger partial charge in [-0.2, -0.15) is 13.2 Å². The SMILES string of the molecule is CC1CN(Cc2ccc(C(F)(F)F)cc2)CCN1c1ccc(C(=O)O)cc1. The highest BCUT2D eigenvalue weighted by Crippen LogP contribution is 2.29. The van der Waals surface area contributed by atoms with Crippen LogP contribution in [0.1, 0.15) is 28.4 Å². The summed E-state index contributed by atoms with van der Waals surface area (Å²) in [6.45, 7) is 5.03. The Morgan fingerprint density at radius 2 is 1.70 bits per heavy atom. The summed E-state index contributed by atoms with van der Waals surface area (Å²) in [4.78, 5) is 15.4. The van der Waals surface area contributed by atoms with Crippen LogP contribution in [0.25, 0.3) is 0 Å². The zero-order chi connectivity index (χ0) is 19.6. The average molecular weight is 378 g/mol. The van der Waals surface area contributed by atoms with Crippen LogP contribution >= 0.6 is 0 Å². The van der Waals surface area contributed by atoms with Gasteiger partial charge in [-0.15, -0.1) is 0 Å². The van der Waals surface area contributed by atoms with Crippen molar-refractivity contribution < 1.29 is 23.1 Å². The predicted molar refractivity (Wildman–Crippen MR) is 96.9 cm³/mol. The third-order valence-corrected chi connectivity index (χ3v) is 4.84. The lowest BCUT2D eigenvalue weighted by Gasteiger charge is -2.41. The van der Waals surface area contributed by atoms with E-state index < -0.39 is 17.7 Å². The average Bonchev–Trinajstić information content (AvgIpc) is 2.62. The van der Waals surface area contributed by atoms with E-state index in [0.29, 0.717) is 6.54 Å². The Morgan fingerprint density at radius 3 is 2.22 bits per heavy atom. The number of alkyl halides is 3. The maximum absolute atomic E-state index is 12.7. The van der Waals surface area contributed by atoms with E-state index >= 15 is 0 Å². The van der Waals surface area contributed by atoms with E-state index in [0.717, 1.165) is 43.0 Å². The first-order valence-corrected chi connectivity index (χ1v) is 8.72. The standard InChI is InChI=1S/C20H21F3N2O2/c1-14-12-24(13-15-2-6-17(7-3-15)20(21,22)23)10-11-25(14)18-8-4-16(5-9-18)19(26)27/h2-9,14H,10-13H2,1H3,(H,26,27). The molecule has 7 heteroatoms. The number of aromatic carboxylic acids is 1. The van der Waals surface area contributed by atoms with E-state index in [1.54, 1.807) is 12.1 Å². The second-order valence-electron chi connectivity index (χ2n) is 6.82. The molecule has 0 aliphatic carbocycles. The fourth-order valence-electron chi connectivity index (χ4n) is 3.41. The summed E-state index contributed by atoms with van der Waals surface area (Å²) in [5, 5.41) is 8.99. The molecule has 3 rings (SSSR count). The first kappa shape index (κ1) is 19.2. The van der Waals surface area contributed by atoms with Gasteiger partial charge in [0.2, 0.25) is 0 Å². The lowest BCUT2D eigenvalue weighted by Crippen LogP contribution is -2.51. The number of rotatable bonds is 4. The van der Waals surface area contributed by atoms with Crippen LogP contribution in [0.3, 0.4) is 0 Å². The van der Waals surface area contributed by atoms with Gasteiger partial charge in [0.15, 0.2) is 0 Å². The summed E-state index contributed by atoms with van der Waals surface area (Å²) in [6.07, 6.45) is -4.31. The smallest absolute Gasteiger partial charge is 0.416 e. The van der Waals surface area contributed by atoms with E-state index in [-0.39, 0.29) is 11.6 Å². The van der Waals surface area contributed by atoms with Crippen molar-refractivity contribution >= 4 is 11.7 Å². The molecule has 0 saturated carbocycles. The van der Waals surface area contributed by atoms with Crippen LogP contribution < -0.4 is 4.90 Å². The van der Waals surface area contributed by atoms with Gasteiger partial charge in [0.05, 0.1) is 11.1 Å². The maximum Gasteiger partial charge on any atom is 0.416 e. The number of piperazine rings is 1. The molecular weight excluding hydrogens is 357 g/mol. The minimum atomic E-state index is -4.31. The van der Waals surface area contributed by atoms with Crippen molar-refractivity contribution in [3.63, 3.8) is 0 Å². The van der Waals surface area contributed by atoms with Gasteiger partial charge in [-0.05, 0) is 48.9 Å². The quantitative estimate of drug-likeness (QED) is 0.870. The van der Waals surface area contributed by atoms with Gasteiger partial charge in [-0.25, -0.2) is 4.79 Å². The molecule has 4 nitrogen and oxygen atoms in total. The summed E-state index contributed by atoms with van der Waals surface area (Å²) in [6, 6.07) is 12.3. The Balaban J connectivity index is 1.60. The molecule has 1 aliphatic heterocycles. The summed E-state index contributed by atoms with van der Waals surface area (Å²) in [5.74, 6) is -0.948. The molecule has 1 heterocycles. The number of hydrogen-bond donors (Lipinski definition) is 1. The van der Waals surface area contributed by atoms with E-state index in [1.807, 2.05) is 12.1 Å². The molecule has 27 heavy (non-hydrogen) atoms. The van der Waals surface area contributed by atoms with Crippen LogP contribution in [0.15, 0.2) is 48.5 Å². The van der Waals surface area contributed by atoms with Gasteiger partial charge in [-0.1, -0.05) is 12.1 Å². The van der Waals surface area contributed by atoms with Crippen LogP contribution in [0.5, 0.6) is 0 Å². The predicted octanol–water partition coefficient (Wildman–Crippen LogP) is 4.11. The highest BCUT2D eigenvalue weighted by atomic mass is 19.4. The molecule has 1 aliphatic rings. The summed E-state index contributed by atoms with van der Waals surface area (Å²) in [7, 11) is 0. The molecular formula is C20H21F3N2O2. The van der Waals surface area contributed by atoms with E-state index in [1.165, 1.54) is 12.1 Å². The molecule has 0 amide bonds. The van der Waals surface area contributed by atoms with Gasteiger partial charge < -0.3 is 10.0 Å². The molecule has 1 atom stereocenters. The Morgan fingerprint density at radius 1 is 1.07 bits per heavy atom. The number of hydrogen-bond acceptors (Lipinski definition) is 3. The second kappa shape index (κ2) is 7.60. The van der Waals surface area contributed by atoms with Crippen LogP contribution in [0.4, 0.5) is 18.9 Å². The molecule has 1 fully saturated rings. The van der Waals surface area contributed by atoms with Gasteiger partial charge >= 0.3 is 12.1 Å². The van der Waals surface area contributed by atoms with Crippen LogP contribution in [0.2, 0.25) is 0 Å². The van der Waals surface area contributed by atoms with Crippen molar-refractivity contribution in [2.45, 2.75) is 25.7 Å². The van der Waals surface area contributed by atoms with Crippen molar-refractivity contribution in [2.24, 2.45) is 0 Å². The van der Waals surface area contributed by atoms with Crippen LogP contribution in [-0.4, -0.2) is 41.7 Å². The highest BCUT2D eigenvalue weighted by molar-refractivity contribution is 5.88. The maximum atomic E-state index is 12.7. The van der Waals surface area contributed by atoms with Crippen molar-refractivity contribution in [3.05, 3.63) is 65.2 Å². The van der Waals surface area contributed by atoms with Crippen molar-refractivity contribution in [1.82, 2.24) is 4.90 Å². The number of benzene rings is 2. The Hall–Kier alpha value is -2.54. The zero-order valence-electron chi connectivity index (χ0n) is 14.9. The Labute approximate surface area is 155 Å². The molecule has 2 aromatic rings. The number of nitrogens with zero attached hydrogens (tertiary/aromatic N) is 2. The van der Waals surface area contributed by atoms with E-state index in [4.69, 9.17) is 5.11 Å². The molecule has 2 aromatic carbocycles. The highest BCUT2D eigenvalue weighted by Gasteiger charge is 2.30. The normalized spacial score (nSPS) is 18.5. The van der Waals surface area contributed by atoms with Crippen LogP contribution in [-0.2, 0) is 12.7 Å². The molecule has 0 aromatic heterocycles. The number of carboxylic acids is 1. The lowest BCUT2D eigenvalue weighted by atomic mass is 10.1. The second-order valence-corrected chi connectivity index (χ2v) is 6.82. The van der Waals surface area contributed by atoms with Gasteiger partial charge in [-0.3, -0.25) is 4.90 Å². The third-order valence-electron chi connectivity index (χ3n) is 4.84. The minimum absolute atomic E-state index is 0.212. The monoisotopic (exact) mass is 378 g/mol. The first-order chi connectivity index (χ1) is 12.7. The van der Waals surface area contributed by atoms with Gasteiger partial charge in [0.25, 0.3) is 0 Å². The first-order valence-electron chi connectivity index (χ1n) is 8.72. The molecule has 1 saturated heterocycles. The van der Waals surface area contributed by atoms with Crippen molar-refractivity contribution in [1.29, 1.82) is 0 Å². The largest absolute Gasteiger partial charge is 0.478 e.